The second-order valence-electron chi connectivity index (χ2n) is 4.82. The first-order valence-corrected chi connectivity index (χ1v) is 7.40. The molecule has 0 aliphatic heterocycles. The van der Waals surface area contributed by atoms with E-state index in [2.05, 4.69) is 5.32 Å². The van der Waals surface area contributed by atoms with Crippen molar-refractivity contribution in [2.45, 2.75) is 6.42 Å². The number of esters is 1. The molecule has 0 atom stereocenters. The van der Waals surface area contributed by atoms with E-state index in [0.29, 0.717) is 11.3 Å². The quantitative estimate of drug-likeness (QED) is 0.812. The van der Waals surface area contributed by atoms with Gasteiger partial charge in [0.2, 0.25) is 0 Å². The number of rotatable bonds is 6. The summed E-state index contributed by atoms with van der Waals surface area (Å²) in [5.74, 6) is -1.18. The topological polar surface area (TPSA) is 64.6 Å². The number of halogens is 2. The number of nitrogens with one attached hydrogen (secondary N) is 1. The Morgan fingerprint density at radius 1 is 1.21 bits per heavy atom. The third-order valence-corrected chi connectivity index (χ3v) is 3.42. The molecule has 0 saturated carbocycles. The molecule has 0 spiro atoms. The summed E-state index contributed by atoms with van der Waals surface area (Å²) in [6.07, 6.45) is -0.0297. The van der Waals surface area contributed by atoms with Gasteiger partial charge in [0.25, 0.3) is 5.91 Å². The van der Waals surface area contributed by atoms with Crippen molar-refractivity contribution >= 4 is 29.2 Å². The number of benzene rings is 2. The molecule has 1 amide bonds. The number of carbonyl (C=O) groups excluding carboxylic acids is 2. The van der Waals surface area contributed by atoms with Gasteiger partial charge in [0.1, 0.15) is 11.6 Å². The lowest BCUT2D eigenvalue weighted by molar-refractivity contribution is -0.146. The minimum absolute atomic E-state index is 0.0297. The summed E-state index contributed by atoms with van der Waals surface area (Å²) in [4.78, 5) is 23.6. The number of hydrogen-bond acceptors (Lipinski definition) is 4. The lowest BCUT2D eigenvalue weighted by Gasteiger charge is -2.09. The zero-order valence-corrected chi connectivity index (χ0v) is 13.6. The first-order valence-electron chi connectivity index (χ1n) is 7.02. The third kappa shape index (κ3) is 4.96. The predicted molar refractivity (Wildman–Crippen MR) is 87.7 cm³/mol. The SMILES string of the molecule is COc1ccccc1CC(=O)OCC(=O)Nc1cc(F)ccc1Cl. The lowest BCUT2D eigenvalue weighted by atomic mass is 10.1. The molecule has 0 bridgehead atoms. The summed E-state index contributed by atoms with van der Waals surface area (Å²) in [5.41, 5.74) is 0.765. The number of hydrogen-bond donors (Lipinski definition) is 1. The Bertz CT molecular complexity index is 751. The molecule has 2 aromatic carbocycles. The standard InChI is InChI=1S/C17H15ClFNO4/c1-23-15-5-3-2-4-11(15)8-17(22)24-10-16(21)20-14-9-12(19)6-7-13(14)18/h2-7,9H,8,10H2,1H3,(H,20,21). The van der Waals surface area contributed by atoms with Gasteiger partial charge in [-0.15, -0.1) is 0 Å². The van der Waals surface area contributed by atoms with Crippen molar-refractivity contribution in [1.82, 2.24) is 0 Å². The highest BCUT2D eigenvalue weighted by Gasteiger charge is 2.12. The number of ether oxygens (including phenoxy) is 2. The molecule has 24 heavy (non-hydrogen) atoms. The maximum absolute atomic E-state index is 13.1. The molecule has 5 nitrogen and oxygen atoms in total. The molecular weight excluding hydrogens is 337 g/mol. The van der Waals surface area contributed by atoms with Crippen molar-refractivity contribution in [3.05, 3.63) is 58.9 Å². The molecule has 1 N–H and O–H groups in total. The van der Waals surface area contributed by atoms with Crippen LogP contribution in [0.1, 0.15) is 5.56 Å². The first-order chi connectivity index (χ1) is 11.5. The molecule has 2 rings (SSSR count). The van der Waals surface area contributed by atoms with Crippen LogP contribution in [-0.2, 0) is 20.7 Å². The van der Waals surface area contributed by atoms with Crippen LogP contribution in [0, 0.1) is 5.82 Å². The zero-order chi connectivity index (χ0) is 17.5. The normalized spacial score (nSPS) is 10.1. The number of carbonyl (C=O) groups is 2. The average Bonchev–Trinajstić information content (AvgIpc) is 2.57. The molecule has 0 fully saturated rings. The van der Waals surface area contributed by atoms with Crippen molar-refractivity contribution in [2.24, 2.45) is 0 Å². The van der Waals surface area contributed by atoms with Crippen molar-refractivity contribution in [3.63, 3.8) is 0 Å². The molecule has 0 radical (unpaired) electrons. The van der Waals surface area contributed by atoms with E-state index in [1.54, 1.807) is 24.3 Å². The van der Waals surface area contributed by atoms with E-state index in [1.165, 1.54) is 19.2 Å². The highest BCUT2D eigenvalue weighted by atomic mass is 35.5. The highest BCUT2D eigenvalue weighted by Crippen LogP contribution is 2.22. The van der Waals surface area contributed by atoms with Gasteiger partial charge in [0.05, 0.1) is 24.2 Å². The monoisotopic (exact) mass is 351 g/mol. The third-order valence-electron chi connectivity index (χ3n) is 3.09. The van der Waals surface area contributed by atoms with Gasteiger partial charge in [0.15, 0.2) is 6.61 Å². The number of anilines is 1. The molecule has 7 heteroatoms. The van der Waals surface area contributed by atoms with Crippen LogP contribution in [0.5, 0.6) is 5.75 Å². The summed E-state index contributed by atoms with van der Waals surface area (Å²) < 4.78 is 23.2. The number of para-hydroxylation sites is 1. The van der Waals surface area contributed by atoms with E-state index in [4.69, 9.17) is 21.1 Å². The van der Waals surface area contributed by atoms with E-state index in [-0.39, 0.29) is 17.1 Å². The van der Waals surface area contributed by atoms with Crippen LogP contribution in [0.2, 0.25) is 5.02 Å². The molecule has 0 heterocycles. The van der Waals surface area contributed by atoms with Crippen LogP contribution in [0.4, 0.5) is 10.1 Å². The van der Waals surface area contributed by atoms with E-state index in [1.807, 2.05) is 0 Å². The van der Waals surface area contributed by atoms with Gasteiger partial charge in [-0.1, -0.05) is 29.8 Å². The van der Waals surface area contributed by atoms with E-state index in [9.17, 15) is 14.0 Å². The van der Waals surface area contributed by atoms with Gasteiger partial charge in [-0.3, -0.25) is 9.59 Å². The smallest absolute Gasteiger partial charge is 0.310 e. The van der Waals surface area contributed by atoms with Crippen LogP contribution < -0.4 is 10.1 Å². The summed E-state index contributed by atoms with van der Waals surface area (Å²) in [5, 5.41) is 2.57. The predicted octanol–water partition coefficient (Wildman–Crippen LogP) is 3.21. The van der Waals surface area contributed by atoms with Crippen LogP contribution in [-0.4, -0.2) is 25.6 Å². The maximum atomic E-state index is 13.1. The molecule has 0 aromatic heterocycles. The summed E-state index contributed by atoms with van der Waals surface area (Å²) in [6, 6.07) is 10.6. The van der Waals surface area contributed by atoms with Gasteiger partial charge < -0.3 is 14.8 Å². The van der Waals surface area contributed by atoms with Crippen molar-refractivity contribution in [2.75, 3.05) is 19.0 Å². The van der Waals surface area contributed by atoms with Crippen LogP contribution in [0.3, 0.4) is 0 Å². The fourth-order valence-electron chi connectivity index (χ4n) is 1.98. The molecular formula is C17H15ClFNO4. The molecule has 0 saturated heterocycles. The number of amides is 1. The molecule has 126 valence electrons. The Balaban J connectivity index is 1.87. The Labute approximate surface area is 143 Å². The lowest BCUT2D eigenvalue weighted by Crippen LogP contribution is -2.22. The second-order valence-corrected chi connectivity index (χ2v) is 5.23. The molecule has 2 aromatic rings. The average molecular weight is 352 g/mol. The van der Waals surface area contributed by atoms with Gasteiger partial charge in [0, 0.05) is 5.56 Å². The van der Waals surface area contributed by atoms with Crippen molar-refractivity contribution < 1.29 is 23.5 Å². The van der Waals surface area contributed by atoms with Gasteiger partial charge in [-0.05, 0) is 24.3 Å². The van der Waals surface area contributed by atoms with E-state index < -0.39 is 24.3 Å². The fraction of sp³-hybridized carbons (Fsp3) is 0.176. The Morgan fingerprint density at radius 2 is 1.96 bits per heavy atom. The zero-order valence-electron chi connectivity index (χ0n) is 12.8. The summed E-state index contributed by atoms with van der Waals surface area (Å²) >= 11 is 5.84. The summed E-state index contributed by atoms with van der Waals surface area (Å²) in [7, 11) is 1.50. The minimum atomic E-state index is -0.615. The Kier molecular flexibility index (Phi) is 6.14. The summed E-state index contributed by atoms with van der Waals surface area (Å²) in [6.45, 7) is -0.499. The van der Waals surface area contributed by atoms with Crippen molar-refractivity contribution in [3.8, 4) is 5.75 Å². The fourth-order valence-corrected chi connectivity index (χ4v) is 2.15. The maximum Gasteiger partial charge on any atom is 0.310 e. The molecule has 0 aliphatic rings. The van der Waals surface area contributed by atoms with Gasteiger partial charge >= 0.3 is 5.97 Å². The van der Waals surface area contributed by atoms with Gasteiger partial charge in [-0.2, -0.15) is 0 Å². The van der Waals surface area contributed by atoms with E-state index >= 15 is 0 Å². The first kappa shape index (κ1) is 17.7. The van der Waals surface area contributed by atoms with Crippen LogP contribution in [0.25, 0.3) is 0 Å². The Hall–Kier alpha value is -2.60. The van der Waals surface area contributed by atoms with Gasteiger partial charge in [-0.25, -0.2) is 4.39 Å². The largest absolute Gasteiger partial charge is 0.496 e. The molecule has 0 unspecified atom stereocenters. The number of methoxy groups -OCH3 is 1. The second kappa shape index (κ2) is 8.31. The van der Waals surface area contributed by atoms with E-state index in [0.717, 1.165) is 6.07 Å². The van der Waals surface area contributed by atoms with Crippen LogP contribution in [0.15, 0.2) is 42.5 Å². The highest BCUT2D eigenvalue weighted by molar-refractivity contribution is 6.33. The van der Waals surface area contributed by atoms with Crippen LogP contribution >= 0.6 is 11.6 Å². The minimum Gasteiger partial charge on any atom is -0.496 e. The van der Waals surface area contributed by atoms with Crippen molar-refractivity contribution in [1.29, 1.82) is 0 Å². The Morgan fingerprint density at radius 3 is 2.71 bits per heavy atom. The molecule has 0 aliphatic carbocycles.